The van der Waals surface area contributed by atoms with E-state index in [1.807, 2.05) is 0 Å². The first-order valence-corrected chi connectivity index (χ1v) is 10.2. The van der Waals surface area contributed by atoms with E-state index >= 15 is 0 Å². The fourth-order valence-corrected chi connectivity index (χ4v) is 2.53. The van der Waals surface area contributed by atoms with Crippen LogP contribution in [0.15, 0.2) is 23.6 Å². The molecule has 0 fully saturated rings. The minimum atomic E-state index is -1.05. The molecule has 2 N–H and O–H groups in total. The number of thiazole rings is 1. The summed E-state index contributed by atoms with van der Waals surface area (Å²) in [6.45, 7) is 12.0. The average molecular weight is 437 g/mol. The van der Waals surface area contributed by atoms with Crippen LogP contribution in [-0.4, -0.2) is 40.5 Å². The van der Waals surface area contributed by atoms with Gasteiger partial charge in [0.1, 0.15) is 11.4 Å². The number of aliphatic hydroxyl groups is 1. The summed E-state index contributed by atoms with van der Waals surface area (Å²) in [7, 11) is 1.44. The summed E-state index contributed by atoms with van der Waals surface area (Å²) in [6.07, 6.45) is -0.746. The Balaban J connectivity index is 1.98. The Morgan fingerprint density at radius 1 is 1.20 bits per heavy atom. The molecule has 0 aliphatic carbocycles. The highest BCUT2D eigenvalue weighted by Crippen LogP contribution is 2.27. The topological polar surface area (TPSA) is 89.9 Å². The number of benzene rings is 1. The maximum Gasteiger partial charge on any atom is 0.412 e. The van der Waals surface area contributed by atoms with Gasteiger partial charge < -0.3 is 19.2 Å². The van der Waals surface area contributed by atoms with Gasteiger partial charge in [0.2, 0.25) is 0 Å². The van der Waals surface area contributed by atoms with Crippen LogP contribution in [0.3, 0.4) is 0 Å². The first-order valence-electron chi connectivity index (χ1n) is 9.33. The van der Waals surface area contributed by atoms with Crippen molar-refractivity contribution in [3.8, 4) is 10.9 Å². The summed E-state index contributed by atoms with van der Waals surface area (Å²) in [4.78, 5) is 16.0. The Bertz CT molecular complexity index is 890. The molecule has 1 aromatic carbocycles. The molecule has 1 aromatic heterocycles. The minimum absolute atomic E-state index is 0.0213. The quantitative estimate of drug-likeness (QED) is 0.631. The lowest BCUT2D eigenvalue weighted by Crippen LogP contribution is -2.49. The predicted molar refractivity (Wildman–Crippen MR) is 115 cm³/mol. The van der Waals surface area contributed by atoms with Crippen LogP contribution in [0.2, 0.25) is 0 Å². The molecule has 1 amide bonds. The van der Waals surface area contributed by atoms with Crippen LogP contribution in [0.1, 0.15) is 48.5 Å². The summed E-state index contributed by atoms with van der Waals surface area (Å²) < 4.78 is 30.6. The van der Waals surface area contributed by atoms with Crippen LogP contribution >= 0.6 is 11.3 Å². The van der Waals surface area contributed by atoms with E-state index < -0.39 is 28.7 Å². The Morgan fingerprint density at radius 3 is 2.43 bits per heavy atom. The van der Waals surface area contributed by atoms with Crippen LogP contribution in [0, 0.1) is 5.82 Å². The molecule has 7 nitrogen and oxygen atoms in total. The third-order valence-corrected chi connectivity index (χ3v) is 4.97. The molecule has 0 atom stereocenters. The van der Waals surface area contributed by atoms with Crippen molar-refractivity contribution in [2.45, 2.75) is 65.3 Å². The molecule has 10 heteroatoms. The summed E-state index contributed by atoms with van der Waals surface area (Å²) in [5.74, 6) is -0.446. The van der Waals surface area contributed by atoms with Crippen molar-refractivity contribution in [1.82, 2.24) is 4.98 Å². The van der Waals surface area contributed by atoms with Gasteiger partial charge in [0.15, 0.2) is 5.82 Å². The van der Waals surface area contributed by atoms with Gasteiger partial charge in [-0.15, -0.1) is 0 Å². The fraction of sp³-hybridized carbons (Fsp3) is 0.500. The molecule has 0 saturated carbocycles. The number of anilines is 1. The molecule has 2 rings (SSSR count). The standard InChI is InChI=1S/C20H27BFN2O5S/c1-18(2,3)28-16(25)23-14-9-8-12(10-13(14)22)27-17-24-15(11-30-17)21-29-20(6,7)19(4,5)26/h8-11,26H,1-7H3,(H,23,25). The van der Waals surface area contributed by atoms with Crippen molar-refractivity contribution in [1.29, 1.82) is 0 Å². The number of rotatable bonds is 7. The number of halogens is 1. The van der Waals surface area contributed by atoms with E-state index in [-0.39, 0.29) is 16.6 Å². The smallest absolute Gasteiger partial charge is 0.412 e. The van der Waals surface area contributed by atoms with Crippen molar-refractivity contribution in [2.75, 3.05) is 5.32 Å². The van der Waals surface area contributed by atoms with Crippen molar-refractivity contribution >= 4 is 36.2 Å². The lowest BCUT2D eigenvalue weighted by molar-refractivity contribution is -0.0893. The Morgan fingerprint density at radius 2 is 1.87 bits per heavy atom. The highest BCUT2D eigenvalue weighted by molar-refractivity contribution is 7.12. The van der Waals surface area contributed by atoms with Crippen LogP contribution in [0.25, 0.3) is 0 Å². The molecule has 0 aliphatic rings. The molecule has 163 valence electrons. The van der Waals surface area contributed by atoms with Gasteiger partial charge in [-0.2, -0.15) is 0 Å². The summed E-state index contributed by atoms with van der Waals surface area (Å²) >= 11 is 1.21. The van der Waals surface area contributed by atoms with Gasteiger partial charge in [0, 0.05) is 17.0 Å². The number of hydrogen-bond acceptors (Lipinski definition) is 7. The van der Waals surface area contributed by atoms with E-state index in [4.69, 9.17) is 14.1 Å². The third kappa shape index (κ3) is 6.96. The zero-order valence-electron chi connectivity index (χ0n) is 18.2. The SMILES string of the molecule is CC(C)(C)OC(=O)Nc1ccc(Oc2nc([B]OC(C)(C)C(C)(C)O)cs2)cc1F. The van der Waals surface area contributed by atoms with Gasteiger partial charge >= 0.3 is 13.6 Å². The zero-order chi connectivity index (χ0) is 22.7. The molecular formula is C20H27BFN2O5S. The van der Waals surface area contributed by atoms with Crippen molar-refractivity contribution < 1.29 is 28.4 Å². The van der Waals surface area contributed by atoms with Crippen molar-refractivity contribution in [3.05, 3.63) is 29.4 Å². The molecule has 0 aliphatic heterocycles. The van der Waals surface area contributed by atoms with E-state index in [2.05, 4.69) is 10.3 Å². The second-order valence-corrected chi connectivity index (χ2v) is 9.53. The predicted octanol–water partition coefficient (Wildman–Crippen LogP) is 4.23. The summed E-state index contributed by atoms with van der Waals surface area (Å²) in [5, 5.41) is 14.5. The number of ether oxygens (including phenoxy) is 2. The number of amides is 1. The number of aromatic nitrogens is 1. The fourth-order valence-electron chi connectivity index (χ4n) is 1.90. The average Bonchev–Trinajstić information content (AvgIpc) is 3.00. The Labute approximate surface area is 180 Å². The number of nitrogens with zero attached hydrogens (tertiary/aromatic N) is 1. The first kappa shape index (κ1) is 24.1. The highest BCUT2D eigenvalue weighted by atomic mass is 32.1. The van der Waals surface area contributed by atoms with Gasteiger partial charge in [-0.3, -0.25) is 5.32 Å². The first-order chi connectivity index (χ1) is 13.7. The van der Waals surface area contributed by atoms with E-state index in [0.717, 1.165) is 6.07 Å². The van der Waals surface area contributed by atoms with Gasteiger partial charge in [-0.25, -0.2) is 14.2 Å². The maximum absolute atomic E-state index is 14.3. The zero-order valence-corrected chi connectivity index (χ0v) is 19.0. The largest absolute Gasteiger partial charge is 0.444 e. The monoisotopic (exact) mass is 437 g/mol. The van der Waals surface area contributed by atoms with Gasteiger partial charge in [0.05, 0.1) is 16.9 Å². The van der Waals surface area contributed by atoms with Crippen molar-refractivity contribution in [2.24, 2.45) is 0 Å². The third-order valence-electron chi connectivity index (χ3n) is 4.23. The molecule has 0 spiro atoms. The van der Waals surface area contributed by atoms with Crippen LogP contribution in [-0.2, 0) is 9.39 Å². The van der Waals surface area contributed by atoms with Crippen LogP contribution < -0.4 is 15.6 Å². The van der Waals surface area contributed by atoms with Gasteiger partial charge in [0.25, 0.3) is 5.19 Å². The van der Waals surface area contributed by atoms with E-state index in [0.29, 0.717) is 5.59 Å². The van der Waals surface area contributed by atoms with Gasteiger partial charge in [-0.1, -0.05) is 11.3 Å². The van der Waals surface area contributed by atoms with Crippen LogP contribution in [0.4, 0.5) is 14.9 Å². The molecule has 2 aromatic rings. The Hall–Kier alpha value is -2.17. The molecular weight excluding hydrogens is 410 g/mol. The molecule has 0 unspecified atom stereocenters. The lowest BCUT2D eigenvalue weighted by atomic mass is 9.85. The molecule has 0 saturated heterocycles. The minimum Gasteiger partial charge on any atom is -0.444 e. The maximum atomic E-state index is 14.3. The van der Waals surface area contributed by atoms with Gasteiger partial charge in [-0.05, 0) is 60.6 Å². The normalized spacial score (nSPS) is 12.4. The summed E-state index contributed by atoms with van der Waals surface area (Å²) in [6, 6.07) is 4.03. The number of nitrogens with one attached hydrogen (secondary N) is 1. The summed E-state index contributed by atoms with van der Waals surface area (Å²) in [5.41, 5.74) is -2.07. The van der Waals surface area contributed by atoms with Crippen molar-refractivity contribution in [3.63, 3.8) is 0 Å². The van der Waals surface area contributed by atoms with E-state index in [1.54, 1.807) is 53.8 Å². The second kappa shape index (κ2) is 8.91. The van der Waals surface area contributed by atoms with E-state index in [9.17, 15) is 14.3 Å². The number of carbonyl (C=O) groups is 1. The highest BCUT2D eigenvalue weighted by Gasteiger charge is 2.36. The molecule has 1 radical (unpaired) electrons. The second-order valence-electron chi connectivity index (χ2n) is 8.71. The number of hydrogen-bond donors (Lipinski definition) is 2. The lowest BCUT2D eigenvalue weighted by Gasteiger charge is -2.37. The Kier molecular flexibility index (Phi) is 7.16. The number of carbonyl (C=O) groups excluding carboxylic acids is 1. The van der Waals surface area contributed by atoms with E-state index in [1.165, 1.54) is 31.0 Å². The van der Waals surface area contributed by atoms with Crippen LogP contribution in [0.5, 0.6) is 10.9 Å². The molecule has 1 heterocycles. The molecule has 0 bridgehead atoms. The molecule has 30 heavy (non-hydrogen) atoms.